The van der Waals surface area contributed by atoms with Crippen LogP contribution in [-0.4, -0.2) is 44.9 Å². The lowest BCUT2D eigenvalue weighted by Crippen LogP contribution is -2.51. The summed E-state index contributed by atoms with van der Waals surface area (Å²) in [6, 6.07) is 5.60. The maximum Gasteiger partial charge on any atom is 0.239 e. The molecule has 1 unspecified atom stereocenters. The number of hydrogen-bond donors (Lipinski definition) is 2. The summed E-state index contributed by atoms with van der Waals surface area (Å²) < 4.78 is 23.4. The van der Waals surface area contributed by atoms with Gasteiger partial charge >= 0.3 is 0 Å². The highest BCUT2D eigenvalue weighted by molar-refractivity contribution is 5.85. The first-order chi connectivity index (χ1) is 9.25. The van der Waals surface area contributed by atoms with Gasteiger partial charge < -0.3 is 20.1 Å². The van der Waals surface area contributed by atoms with E-state index < -0.39 is 0 Å². The van der Waals surface area contributed by atoms with E-state index >= 15 is 0 Å². The topological polar surface area (TPSA) is 59.6 Å². The van der Waals surface area contributed by atoms with E-state index in [4.69, 9.17) is 9.47 Å². The number of benzene rings is 1. The van der Waals surface area contributed by atoms with Gasteiger partial charge in [0.1, 0.15) is 24.2 Å². The molecule has 112 valence electrons. The van der Waals surface area contributed by atoms with Crippen molar-refractivity contribution in [2.24, 2.45) is 0 Å². The second-order valence-corrected chi connectivity index (χ2v) is 4.18. The Bertz CT molecular complexity index is 428. The maximum absolute atomic E-state index is 12.9. The van der Waals surface area contributed by atoms with Crippen LogP contribution in [0, 0.1) is 5.82 Å². The molecule has 1 aromatic rings. The van der Waals surface area contributed by atoms with E-state index in [2.05, 4.69) is 10.6 Å². The van der Waals surface area contributed by atoms with E-state index in [1.54, 1.807) is 12.1 Å². The van der Waals surface area contributed by atoms with Gasteiger partial charge in [-0.3, -0.25) is 4.79 Å². The highest BCUT2D eigenvalue weighted by atomic mass is 35.5. The van der Waals surface area contributed by atoms with Crippen LogP contribution in [0.25, 0.3) is 0 Å². The van der Waals surface area contributed by atoms with Crippen LogP contribution >= 0.6 is 12.4 Å². The van der Waals surface area contributed by atoms with Crippen LogP contribution < -0.4 is 15.4 Å². The largest absolute Gasteiger partial charge is 0.492 e. The second-order valence-electron chi connectivity index (χ2n) is 4.18. The molecule has 2 rings (SSSR count). The highest BCUT2D eigenvalue weighted by Crippen LogP contribution is 2.11. The fourth-order valence-corrected chi connectivity index (χ4v) is 1.76. The number of ether oxygens (including phenoxy) is 2. The third-order valence-electron chi connectivity index (χ3n) is 2.70. The molecule has 5 nitrogen and oxygen atoms in total. The molecule has 1 fully saturated rings. The number of nitrogens with one attached hydrogen (secondary N) is 2. The van der Waals surface area contributed by atoms with Gasteiger partial charge in [0.15, 0.2) is 0 Å². The molecule has 7 heteroatoms. The Hall–Kier alpha value is -1.37. The summed E-state index contributed by atoms with van der Waals surface area (Å²) >= 11 is 0. The van der Waals surface area contributed by atoms with Crippen LogP contribution in [0.4, 0.5) is 4.39 Å². The lowest BCUT2D eigenvalue weighted by atomic mass is 10.2. The molecule has 1 aliphatic heterocycles. The Balaban J connectivity index is 0.00000200. The quantitative estimate of drug-likeness (QED) is 0.788. The number of hydrogen-bond acceptors (Lipinski definition) is 4. The number of carbonyl (C=O) groups is 1. The lowest BCUT2D eigenvalue weighted by Gasteiger charge is -2.22. The molecule has 1 aromatic carbocycles. The fourth-order valence-electron chi connectivity index (χ4n) is 1.76. The van der Waals surface area contributed by atoms with E-state index in [1.165, 1.54) is 12.1 Å². The Morgan fingerprint density at radius 2 is 2.40 bits per heavy atom. The Morgan fingerprint density at radius 1 is 1.55 bits per heavy atom. The first kappa shape index (κ1) is 16.7. The van der Waals surface area contributed by atoms with Crippen LogP contribution in [-0.2, 0) is 9.53 Å². The van der Waals surface area contributed by atoms with E-state index in [0.29, 0.717) is 38.7 Å². The Kier molecular flexibility index (Phi) is 7.28. The monoisotopic (exact) mass is 304 g/mol. The van der Waals surface area contributed by atoms with Gasteiger partial charge in [0.25, 0.3) is 0 Å². The summed E-state index contributed by atoms with van der Waals surface area (Å²) in [4.78, 5) is 11.7. The van der Waals surface area contributed by atoms with Crippen molar-refractivity contribution in [1.82, 2.24) is 10.6 Å². The molecule has 0 radical (unpaired) electrons. The second kappa shape index (κ2) is 8.73. The molecule has 0 spiro atoms. The average molecular weight is 305 g/mol. The third kappa shape index (κ3) is 5.32. The van der Waals surface area contributed by atoms with Crippen molar-refractivity contribution in [3.05, 3.63) is 30.1 Å². The minimum atomic E-state index is -0.343. The van der Waals surface area contributed by atoms with E-state index in [1.807, 2.05) is 0 Å². The van der Waals surface area contributed by atoms with Crippen molar-refractivity contribution >= 4 is 18.3 Å². The van der Waals surface area contributed by atoms with Crippen LogP contribution in [0.3, 0.4) is 0 Å². The normalized spacial score (nSPS) is 17.9. The van der Waals surface area contributed by atoms with Gasteiger partial charge in [-0.15, -0.1) is 12.4 Å². The molecule has 1 heterocycles. The minimum Gasteiger partial charge on any atom is -0.492 e. The summed E-state index contributed by atoms with van der Waals surface area (Å²) in [5, 5.41) is 5.79. The SMILES string of the molecule is Cl.O=C(NCCOc1cccc(F)c1)C1COCCN1. The third-order valence-corrected chi connectivity index (χ3v) is 2.70. The van der Waals surface area contributed by atoms with Gasteiger partial charge in [-0.2, -0.15) is 0 Å². The molecule has 20 heavy (non-hydrogen) atoms. The van der Waals surface area contributed by atoms with Crippen molar-refractivity contribution in [3.8, 4) is 5.75 Å². The summed E-state index contributed by atoms with van der Waals surface area (Å²) in [7, 11) is 0. The first-order valence-corrected chi connectivity index (χ1v) is 6.23. The molecule has 1 aliphatic rings. The van der Waals surface area contributed by atoms with E-state index in [9.17, 15) is 9.18 Å². The van der Waals surface area contributed by atoms with E-state index in [-0.39, 0.29) is 30.2 Å². The van der Waals surface area contributed by atoms with Crippen molar-refractivity contribution in [3.63, 3.8) is 0 Å². The van der Waals surface area contributed by atoms with Gasteiger partial charge in [-0.05, 0) is 12.1 Å². The maximum atomic E-state index is 12.9. The zero-order chi connectivity index (χ0) is 13.5. The summed E-state index contributed by atoms with van der Waals surface area (Å²) in [6.07, 6.45) is 0. The molecule has 1 atom stereocenters. The molecule has 0 aliphatic carbocycles. The van der Waals surface area contributed by atoms with Gasteiger partial charge in [0.2, 0.25) is 5.91 Å². The molecule has 2 N–H and O–H groups in total. The summed E-state index contributed by atoms with van der Waals surface area (Å²) in [6.45, 7) is 2.36. The number of carbonyl (C=O) groups excluding carboxylic acids is 1. The van der Waals surface area contributed by atoms with Crippen LogP contribution in [0.5, 0.6) is 5.75 Å². The molecule has 1 saturated heterocycles. The van der Waals surface area contributed by atoms with Gasteiger partial charge in [0.05, 0.1) is 19.8 Å². The van der Waals surface area contributed by atoms with Crippen LogP contribution in [0.15, 0.2) is 24.3 Å². The molecule has 0 bridgehead atoms. The van der Waals surface area contributed by atoms with Crippen molar-refractivity contribution in [2.75, 3.05) is 32.9 Å². The molecular weight excluding hydrogens is 287 g/mol. The van der Waals surface area contributed by atoms with Crippen molar-refractivity contribution in [2.45, 2.75) is 6.04 Å². The van der Waals surface area contributed by atoms with Gasteiger partial charge in [-0.25, -0.2) is 4.39 Å². The number of rotatable bonds is 5. The minimum absolute atomic E-state index is 0. The number of amides is 1. The molecule has 0 aromatic heterocycles. The smallest absolute Gasteiger partial charge is 0.239 e. The number of morpholine rings is 1. The standard InChI is InChI=1S/C13H17FN2O3.ClH/c14-10-2-1-3-11(8-10)19-7-5-16-13(17)12-9-18-6-4-15-12;/h1-3,8,12,15H,4-7,9H2,(H,16,17);1H. The van der Waals surface area contributed by atoms with Crippen molar-refractivity contribution < 1.29 is 18.7 Å². The average Bonchev–Trinajstić information content (AvgIpc) is 2.44. The zero-order valence-electron chi connectivity index (χ0n) is 10.9. The first-order valence-electron chi connectivity index (χ1n) is 6.23. The van der Waals surface area contributed by atoms with Crippen LogP contribution in [0.2, 0.25) is 0 Å². The fraction of sp³-hybridized carbons (Fsp3) is 0.462. The Morgan fingerprint density at radius 3 is 3.10 bits per heavy atom. The summed E-state index contributed by atoms with van der Waals surface area (Å²) in [5.41, 5.74) is 0. The predicted molar refractivity (Wildman–Crippen MR) is 74.8 cm³/mol. The lowest BCUT2D eigenvalue weighted by molar-refractivity contribution is -0.126. The van der Waals surface area contributed by atoms with E-state index in [0.717, 1.165) is 0 Å². The zero-order valence-corrected chi connectivity index (χ0v) is 11.7. The van der Waals surface area contributed by atoms with Gasteiger partial charge in [0, 0.05) is 12.6 Å². The highest BCUT2D eigenvalue weighted by Gasteiger charge is 2.20. The van der Waals surface area contributed by atoms with Crippen LogP contribution in [0.1, 0.15) is 0 Å². The Labute approximate surface area is 123 Å². The molecule has 0 saturated carbocycles. The molecular formula is C13H18ClFN2O3. The van der Waals surface area contributed by atoms with Crippen molar-refractivity contribution in [1.29, 1.82) is 0 Å². The summed E-state index contributed by atoms with van der Waals surface area (Å²) in [5.74, 6) is 0.000931. The van der Waals surface area contributed by atoms with Gasteiger partial charge in [-0.1, -0.05) is 6.07 Å². The predicted octanol–water partition coefficient (Wildman–Crippen LogP) is 0.731. The molecule has 1 amide bonds. The number of halogens is 2.